The highest BCUT2D eigenvalue weighted by molar-refractivity contribution is 7.89. The Kier molecular flexibility index (Phi) is 5.16. The molecule has 0 amide bonds. The third kappa shape index (κ3) is 5.06. The highest BCUT2D eigenvalue weighted by atomic mass is 32.2. The summed E-state index contributed by atoms with van der Waals surface area (Å²) < 4.78 is 27.2. The lowest BCUT2D eigenvalue weighted by molar-refractivity contribution is 0.307. The predicted molar refractivity (Wildman–Crippen MR) is 73.4 cm³/mol. The van der Waals surface area contributed by atoms with Gasteiger partial charge in [-0.3, -0.25) is 0 Å². The molecule has 1 aromatic carbocycles. The summed E-state index contributed by atoms with van der Waals surface area (Å²) in [7, 11) is -3.35. The number of aryl methyl sites for hydroxylation is 2. The molecule has 0 atom stereocenters. The van der Waals surface area contributed by atoms with Crippen LogP contribution in [-0.4, -0.2) is 20.8 Å². The summed E-state index contributed by atoms with van der Waals surface area (Å²) in [4.78, 5) is 0. The molecular formula is C13H21NO3S. The van der Waals surface area contributed by atoms with Crippen LogP contribution in [0.15, 0.2) is 12.1 Å². The van der Waals surface area contributed by atoms with E-state index < -0.39 is 10.0 Å². The first-order valence-electron chi connectivity index (χ1n) is 6.01. The lowest BCUT2D eigenvalue weighted by atomic mass is 10.1. The van der Waals surface area contributed by atoms with Crippen LogP contribution in [0.2, 0.25) is 0 Å². The fraction of sp³-hybridized carbons (Fsp3) is 0.538. The Morgan fingerprint density at radius 1 is 1.17 bits per heavy atom. The van der Waals surface area contributed by atoms with Gasteiger partial charge in [0.2, 0.25) is 10.0 Å². The highest BCUT2D eigenvalue weighted by Gasteiger charge is 2.05. The number of rotatable bonds is 6. The Bertz CT molecular complexity index is 509. The molecule has 0 aliphatic heterocycles. The topological polar surface area (TPSA) is 69.4 Å². The summed E-state index contributed by atoms with van der Waals surface area (Å²) in [6.45, 7) is 6.62. The fourth-order valence-corrected chi connectivity index (χ4v) is 2.34. The van der Waals surface area contributed by atoms with E-state index in [1.54, 1.807) is 0 Å². The van der Waals surface area contributed by atoms with Gasteiger partial charge in [-0.1, -0.05) is 6.07 Å². The normalized spacial score (nSPS) is 11.6. The third-order valence-corrected chi connectivity index (χ3v) is 3.70. The van der Waals surface area contributed by atoms with Gasteiger partial charge in [0.1, 0.15) is 5.75 Å². The SMILES string of the molecule is Cc1cc(C)c(C)c(OCCCCS(N)(=O)=O)c1. The molecule has 0 saturated carbocycles. The molecule has 0 spiro atoms. The van der Waals surface area contributed by atoms with Gasteiger partial charge in [0.15, 0.2) is 0 Å². The first-order valence-corrected chi connectivity index (χ1v) is 7.72. The average Bonchev–Trinajstić information content (AvgIpc) is 2.22. The van der Waals surface area contributed by atoms with Crippen molar-refractivity contribution in [2.24, 2.45) is 5.14 Å². The molecule has 0 aliphatic carbocycles. The van der Waals surface area contributed by atoms with Crippen molar-refractivity contribution in [3.8, 4) is 5.75 Å². The van der Waals surface area contributed by atoms with Gasteiger partial charge in [0.05, 0.1) is 12.4 Å². The second-order valence-corrected chi connectivity index (χ2v) is 6.36. The van der Waals surface area contributed by atoms with Crippen LogP contribution >= 0.6 is 0 Å². The van der Waals surface area contributed by atoms with Crippen LogP contribution in [0, 0.1) is 20.8 Å². The molecule has 102 valence electrons. The first kappa shape index (κ1) is 15.0. The van der Waals surface area contributed by atoms with Crippen molar-refractivity contribution in [2.75, 3.05) is 12.4 Å². The summed E-state index contributed by atoms with van der Waals surface area (Å²) in [6.07, 6.45) is 1.21. The molecule has 1 rings (SSSR count). The van der Waals surface area contributed by atoms with E-state index in [4.69, 9.17) is 9.88 Å². The summed E-state index contributed by atoms with van der Waals surface area (Å²) in [5, 5.41) is 4.92. The second kappa shape index (κ2) is 6.20. The minimum absolute atomic E-state index is 0.0161. The number of unbranched alkanes of at least 4 members (excludes halogenated alkanes) is 1. The van der Waals surface area contributed by atoms with Crippen LogP contribution in [0.1, 0.15) is 29.5 Å². The van der Waals surface area contributed by atoms with E-state index in [1.165, 1.54) is 5.56 Å². The van der Waals surface area contributed by atoms with Gasteiger partial charge in [-0.2, -0.15) is 0 Å². The number of primary sulfonamides is 1. The van der Waals surface area contributed by atoms with Crippen LogP contribution in [0.25, 0.3) is 0 Å². The van der Waals surface area contributed by atoms with Gasteiger partial charge >= 0.3 is 0 Å². The Labute approximate surface area is 109 Å². The maximum atomic E-state index is 10.7. The number of hydrogen-bond donors (Lipinski definition) is 1. The summed E-state index contributed by atoms with van der Waals surface area (Å²) >= 11 is 0. The molecule has 0 radical (unpaired) electrons. The van der Waals surface area contributed by atoms with Crippen molar-refractivity contribution in [2.45, 2.75) is 33.6 Å². The molecule has 0 unspecified atom stereocenters. The van der Waals surface area contributed by atoms with Crippen molar-refractivity contribution < 1.29 is 13.2 Å². The Morgan fingerprint density at radius 3 is 2.44 bits per heavy atom. The minimum atomic E-state index is -3.35. The zero-order valence-electron chi connectivity index (χ0n) is 11.2. The molecule has 0 aliphatic rings. The van der Waals surface area contributed by atoms with Crippen LogP contribution in [0.5, 0.6) is 5.75 Å². The molecule has 18 heavy (non-hydrogen) atoms. The van der Waals surface area contributed by atoms with Crippen molar-refractivity contribution in [1.29, 1.82) is 0 Å². The van der Waals surface area contributed by atoms with E-state index in [1.807, 2.05) is 19.9 Å². The minimum Gasteiger partial charge on any atom is -0.493 e. The van der Waals surface area contributed by atoms with Crippen molar-refractivity contribution in [3.05, 3.63) is 28.8 Å². The number of ether oxygens (including phenoxy) is 1. The maximum Gasteiger partial charge on any atom is 0.209 e. The van der Waals surface area contributed by atoms with Crippen LogP contribution in [0.3, 0.4) is 0 Å². The third-order valence-electron chi connectivity index (χ3n) is 2.84. The van der Waals surface area contributed by atoms with E-state index in [0.717, 1.165) is 16.9 Å². The molecule has 1 aromatic rings. The molecular weight excluding hydrogens is 250 g/mol. The largest absolute Gasteiger partial charge is 0.493 e. The van der Waals surface area contributed by atoms with E-state index in [2.05, 4.69) is 13.0 Å². The molecule has 0 bridgehead atoms. The van der Waals surface area contributed by atoms with E-state index >= 15 is 0 Å². The van der Waals surface area contributed by atoms with Crippen LogP contribution in [-0.2, 0) is 10.0 Å². The second-order valence-electron chi connectivity index (χ2n) is 4.63. The molecule has 0 saturated heterocycles. The van der Waals surface area contributed by atoms with Gasteiger partial charge in [0.25, 0.3) is 0 Å². The Hall–Kier alpha value is -1.07. The zero-order valence-corrected chi connectivity index (χ0v) is 12.0. The smallest absolute Gasteiger partial charge is 0.209 e. The maximum absolute atomic E-state index is 10.7. The van der Waals surface area contributed by atoms with Crippen molar-refractivity contribution in [3.63, 3.8) is 0 Å². The first-order chi connectivity index (χ1) is 8.29. The number of sulfonamides is 1. The molecule has 0 aromatic heterocycles. The fourth-order valence-electron chi connectivity index (χ4n) is 1.74. The molecule has 0 heterocycles. The number of nitrogens with two attached hydrogens (primary N) is 1. The summed E-state index contributed by atoms with van der Waals surface area (Å²) in [6, 6.07) is 4.12. The van der Waals surface area contributed by atoms with E-state index in [0.29, 0.717) is 19.4 Å². The highest BCUT2D eigenvalue weighted by Crippen LogP contribution is 2.23. The Morgan fingerprint density at radius 2 is 1.83 bits per heavy atom. The van der Waals surface area contributed by atoms with E-state index in [-0.39, 0.29) is 5.75 Å². The molecule has 0 fully saturated rings. The Balaban J connectivity index is 2.45. The standard InChI is InChI=1S/C13H21NO3S/c1-10-8-11(2)12(3)13(9-10)17-6-4-5-7-18(14,15)16/h8-9H,4-7H2,1-3H3,(H2,14,15,16). The lowest BCUT2D eigenvalue weighted by Crippen LogP contribution is -2.16. The quantitative estimate of drug-likeness (QED) is 0.805. The van der Waals surface area contributed by atoms with Crippen LogP contribution < -0.4 is 9.88 Å². The van der Waals surface area contributed by atoms with Gasteiger partial charge in [-0.15, -0.1) is 0 Å². The van der Waals surface area contributed by atoms with Gasteiger partial charge in [-0.25, -0.2) is 13.6 Å². The van der Waals surface area contributed by atoms with Gasteiger partial charge in [0, 0.05) is 0 Å². The van der Waals surface area contributed by atoms with Crippen molar-refractivity contribution in [1.82, 2.24) is 0 Å². The monoisotopic (exact) mass is 271 g/mol. The van der Waals surface area contributed by atoms with Crippen molar-refractivity contribution >= 4 is 10.0 Å². The lowest BCUT2D eigenvalue weighted by Gasteiger charge is -2.12. The molecule has 5 heteroatoms. The predicted octanol–water partition coefficient (Wildman–Crippen LogP) is 2.06. The number of hydrogen-bond acceptors (Lipinski definition) is 3. The number of benzene rings is 1. The van der Waals surface area contributed by atoms with Gasteiger partial charge in [-0.05, 0) is 56.4 Å². The van der Waals surface area contributed by atoms with Crippen LogP contribution in [0.4, 0.5) is 0 Å². The average molecular weight is 271 g/mol. The zero-order chi connectivity index (χ0) is 13.8. The molecule has 2 N–H and O–H groups in total. The summed E-state index contributed by atoms with van der Waals surface area (Å²) in [5.41, 5.74) is 3.50. The molecule has 4 nitrogen and oxygen atoms in total. The van der Waals surface area contributed by atoms with E-state index in [9.17, 15) is 8.42 Å². The summed E-state index contributed by atoms with van der Waals surface area (Å²) in [5.74, 6) is 0.894. The van der Waals surface area contributed by atoms with Gasteiger partial charge < -0.3 is 4.74 Å².